The van der Waals surface area contributed by atoms with Crippen molar-refractivity contribution in [1.82, 2.24) is 14.9 Å². The van der Waals surface area contributed by atoms with Crippen LogP contribution in [0, 0.1) is 11.7 Å². The molecule has 10 heteroatoms. The highest BCUT2D eigenvalue weighted by atomic mass is 32.1. The van der Waals surface area contributed by atoms with E-state index in [9.17, 15) is 18.0 Å². The molecule has 0 radical (unpaired) electrons. The number of fused-ring (bicyclic) bond motifs is 2. The van der Waals surface area contributed by atoms with Crippen LogP contribution in [0.3, 0.4) is 0 Å². The number of benzene rings is 1. The van der Waals surface area contributed by atoms with E-state index in [0.717, 1.165) is 60.9 Å². The Kier molecular flexibility index (Phi) is 5.37. The number of hydrogen-bond acceptors (Lipinski definition) is 5. The predicted octanol–water partition coefficient (Wildman–Crippen LogP) is 4.52. The van der Waals surface area contributed by atoms with Crippen LogP contribution >= 0.6 is 11.3 Å². The molecule has 1 saturated heterocycles. The van der Waals surface area contributed by atoms with Gasteiger partial charge in [0.1, 0.15) is 11.5 Å². The molecule has 2 aromatic heterocycles. The van der Waals surface area contributed by atoms with Crippen molar-refractivity contribution in [2.75, 3.05) is 31.6 Å². The minimum atomic E-state index is -3.15. The number of amides is 1. The molecular formula is C22H23F3N4O2S. The normalized spacial score (nSPS) is 18.9. The van der Waals surface area contributed by atoms with Crippen LogP contribution in [0.4, 0.5) is 18.3 Å². The standard InChI is InChI=1S/C22H23F3N4O2S/c1-22(24,25)14-2-3-15(23)19-13(14)8-17(27-19)20(30)29-6-4-16-18(10-29)32-21(28-16)26-9-12-5-7-31-11-12/h2-3,8,12,27H,4-7,9-11H2,1H3,(H,26,28). The molecule has 6 nitrogen and oxygen atoms in total. The van der Waals surface area contributed by atoms with Crippen LogP contribution < -0.4 is 5.32 Å². The van der Waals surface area contributed by atoms with Crippen LogP contribution in [-0.4, -0.2) is 47.1 Å². The molecule has 170 valence electrons. The number of alkyl halides is 2. The Labute approximate surface area is 186 Å². The molecular weight excluding hydrogens is 441 g/mol. The Morgan fingerprint density at radius 2 is 2.28 bits per heavy atom. The summed E-state index contributed by atoms with van der Waals surface area (Å²) in [6.07, 6.45) is 1.65. The largest absolute Gasteiger partial charge is 0.381 e. The quantitative estimate of drug-likeness (QED) is 0.583. The highest BCUT2D eigenvalue weighted by Crippen LogP contribution is 2.35. The molecule has 0 aliphatic carbocycles. The van der Waals surface area contributed by atoms with Gasteiger partial charge < -0.3 is 19.9 Å². The van der Waals surface area contributed by atoms with E-state index in [1.54, 1.807) is 4.90 Å². The monoisotopic (exact) mass is 464 g/mol. The van der Waals surface area contributed by atoms with Crippen molar-refractivity contribution in [2.45, 2.75) is 32.2 Å². The van der Waals surface area contributed by atoms with Gasteiger partial charge in [-0.3, -0.25) is 4.79 Å². The van der Waals surface area contributed by atoms with Crippen molar-refractivity contribution in [3.63, 3.8) is 0 Å². The van der Waals surface area contributed by atoms with E-state index in [4.69, 9.17) is 4.74 Å². The Bertz CT molecular complexity index is 1160. The summed E-state index contributed by atoms with van der Waals surface area (Å²) in [5.41, 5.74) is 0.684. The molecule has 1 unspecified atom stereocenters. The number of ether oxygens (including phenoxy) is 1. The number of nitrogens with one attached hydrogen (secondary N) is 2. The number of halogens is 3. The van der Waals surface area contributed by atoms with Crippen LogP contribution in [0.1, 0.15) is 40.0 Å². The molecule has 2 N–H and O–H groups in total. The maximum Gasteiger partial charge on any atom is 0.271 e. The molecule has 4 heterocycles. The second kappa shape index (κ2) is 8.08. The van der Waals surface area contributed by atoms with Gasteiger partial charge in [-0.1, -0.05) is 11.3 Å². The van der Waals surface area contributed by atoms with Gasteiger partial charge in [-0.05, 0) is 24.6 Å². The number of aromatic nitrogens is 2. The molecule has 0 saturated carbocycles. The summed E-state index contributed by atoms with van der Waals surface area (Å²) >= 11 is 1.52. The van der Waals surface area contributed by atoms with Crippen molar-refractivity contribution >= 4 is 33.3 Å². The molecule has 1 amide bonds. The van der Waals surface area contributed by atoms with Gasteiger partial charge >= 0.3 is 0 Å². The lowest BCUT2D eigenvalue weighted by atomic mass is 10.0. The van der Waals surface area contributed by atoms with Gasteiger partial charge in [0.25, 0.3) is 11.8 Å². The van der Waals surface area contributed by atoms with Gasteiger partial charge in [-0.2, -0.15) is 0 Å². The van der Waals surface area contributed by atoms with Gasteiger partial charge in [-0.25, -0.2) is 18.2 Å². The molecule has 1 aromatic carbocycles. The Morgan fingerprint density at radius 3 is 3.03 bits per heavy atom. The number of carbonyl (C=O) groups is 1. The summed E-state index contributed by atoms with van der Waals surface area (Å²) in [5, 5.41) is 4.23. The van der Waals surface area contributed by atoms with Gasteiger partial charge in [0.2, 0.25) is 0 Å². The van der Waals surface area contributed by atoms with E-state index in [1.165, 1.54) is 17.4 Å². The molecule has 2 aliphatic heterocycles. The van der Waals surface area contributed by atoms with Crippen molar-refractivity contribution in [3.8, 4) is 0 Å². The number of carbonyl (C=O) groups excluding carboxylic acids is 1. The van der Waals surface area contributed by atoms with Crippen LogP contribution in [0.5, 0.6) is 0 Å². The number of nitrogens with zero attached hydrogens (tertiary/aromatic N) is 2. The number of aromatic amines is 1. The summed E-state index contributed by atoms with van der Waals surface area (Å²) < 4.78 is 47.6. The van der Waals surface area contributed by atoms with Crippen LogP contribution in [0.2, 0.25) is 0 Å². The molecule has 3 aromatic rings. The van der Waals surface area contributed by atoms with Crippen LogP contribution in [0.25, 0.3) is 10.9 Å². The first-order valence-electron chi connectivity index (χ1n) is 10.6. The number of H-pyrrole nitrogens is 1. The summed E-state index contributed by atoms with van der Waals surface area (Å²) in [6.45, 7) is 3.97. The molecule has 32 heavy (non-hydrogen) atoms. The zero-order chi connectivity index (χ0) is 22.5. The Morgan fingerprint density at radius 1 is 1.44 bits per heavy atom. The SMILES string of the molecule is CC(F)(F)c1ccc(F)c2[nH]c(C(=O)N3CCc4nc(NCC5CCOC5)sc4C3)cc12. The van der Waals surface area contributed by atoms with Crippen molar-refractivity contribution in [2.24, 2.45) is 5.92 Å². The maximum atomic E-state index is 14.2. The smallest absolute Gasteiger partial charge is 0.271 e. The third-order valence-electron chi connectivity index (χ3n) is 6.03. The number of thiazole rings is 1. The zero-order valence-corrected chi connectivity index (χ0v) is 18.3. The average molecular weight is 465 g/mol. The number of rotatable bonds is 5. The Hall–Kier alpha value is -2.59. The molecule has 0 bridgehead atoms. The molecule has 5 rings (SSSR count). The van der Waals surface area contributed by atoms with Gasteiger partial charge in [0.15, 0.2) is 5.13 Å². The highest BCUT2D eigenvalue weighted by molar-refractivity contribution is 7.15. The fraction of sp³-hybridized carbons (Fsp3) is 0.455. The van der Waals surface area contributed by atoms with Crippen molar-refractivity contribution in [1.29, 1.82) is 0 Å². The first kappa shape index (κ1) is 21.3. The molecule has 0 spiro atoms. The molecule has 1 atom stereocenters. The van der Waals surface area contributed by atoms with E-state index in [0.29, 0.717) is 25.4 Å². The van der Waals surface area contributed by atoms with Gasteiger partial charge in [-0.15, -0.1) is 0 Å². The van der Waals surface area contributed by atoms with E-state index in [1.807, 2.05) is 0 Å². The average Bonchev–Trinajstić information content (AvgIpc) is 3.49. The zero-order valence-electron chi connectivity index (χ0n) is 17.5. The molecule has 2 aliphatic rings. The summed E-state index contributed by atoms with van der Waals surface area (Å²) in [6, 6.07) is 3.39. The number of hydrogen-bond donors (Lipinski definition) is 2. The first-order valence-corrected chi connectivity index (χ1v) is 11.4. The van der Waals surface area contributed by atoms with E-state index >= 15 is 0 Å². The predicted molar refractivity (Wildman–Crippen MR) is 116 cm³/mol. The minimum Gasteiger partial charge on any atom is -0.381 e. The van der Waals surface area contributed by atoms with Crippen LogP contribution in [0.15, 0.2) is 18.2 Å². The third-order valence-corrected chi connectivity index (χ3v) is 7.07. The highest BCUT2D eigenvalue weighted by Gasteiger charge is 2.31. The van der Waals surface area contributed by atoms with Gasteiger partial charge in [0, 0.05) is 54.8 Å². The minimum absolute atomic E-state index is 0.0266. The fourth-order valence-electron chi connectivity index (χ4n) is 4.27. The lowest BCUT2D eigenvalue weighted by Crippen LogP contribution is -2.35. The second-order valence-electron chi connectivity index (χ2n) is 8.43. The summed E-state index contributed by atoms with van der Waals surface area (Å²) in [4.78, 5) is 23.1. The topological polar surface area (TPSA) is 70.2 Å². The summed E-state index contributed by atoms with van der Waals surface area (Å²) in [5.74, 6) is -3.68. The van der Waals surface area contributed by atoms with E-state index < -0.39 is 11.7 Å². The molecule has 1 fully saturated rings. The van der Waals surface area contributed by atoms with Gasteiger partial charge in [0.05, 0.1) is 24.4 Å². The lowest BCUT2D eigenvalue weighted by Gasteiger charge is -2.25. The lowest BCUT2D eigenvalue weighted by molar-refractivity contribution is 0.0190. The van der Waals surface area contributed by atoms with E-state index in [2.05, 4.69) is 15.3 Å². The second-order valence-corrected chi connectivity index (χ2v) is 9.51. The van der Waals surface area contributed by atoms with E-state index in [-0.39, 0.29) is 28.1 Å². The number of anilines is 1. The van der Waals surface area contributed by atoms with Crippen molar-refractivity contribution < 1.29 is 22.7 Å². The Balaban J connectivity index is 1.34. The summed E-state index contributed by atoms with van der Waals surface area (Å²) in [7, 11) is 0. The van der Waals surface area contributed by atoms with Crippen molar-refractivity contribution in [3.05, 3.63) is 45.8 Å². The maximum absolute atomic E-state index is 14.2. The first-order chi connectivity index (χ1) is 15.3. The fourth-order valence-corrected chi connectivity index (χ4v) is 5.30. The third kappa shape index (κ3) is 3.97. The van der Waals surface area contributed by atoms with Crippen LogP contribution in [-0.2, 0) is 23.6 Å².